The number of hydrogen-bond acceptors (Lipinski definition) is 6. The van der Waals surface area contributed by atoms with Crippen LogP contribution in [0.2, 0.25) is 0 Å². The Kier molecular flexibility index (Phi) is 3.94. The molecule has 0 aliphatic carbocycles. The maximum absolute atomic E-state index is 12.0. The molecule has 1 aliphatic heterocycles. The lowest BCUT2D eigenvalue weighted by molar-refractivity contribution is 0.243. The summed E-state index contributed by atoms with van der Waals surface area (Å²) in [7, 11) is -2.97. The third kappa shape index (κ3) is 3.06. The van der Waals surface area contributed by atoms with Gasteiger partial charge in [-0.15, -0.1) is 22.7 Å². The van der Waals surface area contributed by atoms with E-state index in [1.165, 1.54) is 9.75 Å². The van der Waals surface area contributed by atoms with Crippen LogP contribution >= 0.6 is 22.7 Å². The smallest absolute Gasteiger partial charge is 0.157 e. The molecule has 1 saturated heterocycles. The van der Waals surface area contributed by atoms with Crippen LogP contribution in [0.15, 0.2) is 23.7 Å². The van der Waals surface area contributed by atoms with Crippen molar-refractivity contribution in [3.63, 3.8) is 0 Å². The first-order valence-corrected chi connectivity index (χ1v) is 10.2. The Morgan fingerprint density at radius 1 is 1.43 bits per heavy atom. The van der Waals surface area contributed by atoms with Crippen molar-refractivity contribution < 1.29 is 8.42 Å². The predicted octanol–water partition coefficient (Wildman–Crippen LogP) is 2.88. The third-order valence-corrected chi connectivity index (χ3v) is 8.34. The number of hydrogen-bond donors (Lipinski definition) is 0. The standard InChI is InChI=1S/C14H18N2O2S3/c1-14(2)10-16(5-7-21(14,17)18)9-11-8-15-13(20-11)12-4-3-6-19-12/h3-4,6,8H,5,7,9-10H2,1-2H3. The van der Waals surface area contributed by atoms with Gasteiger partial charge in [-0.05, 0) is 25.3 Å². The van der Waals surface area contributed by atoms with Crippen LogP contribution in [-0.4, -0.2) is 41.9 Å². The summed E-state index contributed by atoms with van der Waals surface area (Å²) in [6.07, 6.45) is 1.91. The second-order valence-corrected chi connectivity index (χ2v) is 10.7. The van der Waals surface area contributed by atoms with Gasteiger partial charge in [-0.3, -0.25) is 4.90 Å². The lowest BCUT2D eigenvalue weighted by atomic mass is 10.2. The highest BCUT2D eigenvalue weighted by Crippen LogP contribution is 2.31. The molecule has 0 spiro atoms. The zero-order valence-electron chi connectivity index (χ0n) is 12.1. The second kappa shape index (κ2) is 5.46. The maximum Gasteiger partial charge on any atom is 0.157 e. The van der Waals surface area contributed by atoms with E-state index in [0.29, 0.717) is 13.1 Å². The summed E-state index contributed by atoms with van der Waals surface area (Å²) in [6, 6.07) is 4.10. The SMILES string of the molecule is CC1(C)CN(Cc2cnc(-c3cccs3)s2)CCS1(=O)=O. The number of nitrogens with zero attached hydrogens (tertiary/aromatic N) is 2. The van der Waals surface area contributed by atoms with Crippen LogP contribution in [0.4, 0.5) is 0 Å². The molecule has 2 aromatic rings. The summed E-state index contributed by atoms with van der Waals surface area (Å²) in [5, 5.41) is 3.10. The van der Waals surface area contributed by atoms with Gasteiger partial charge in [0.25, 0.3) is 0 Å². The topological polar surface area (TPSA) is 50.3 Å². The highest BCUT2D eigenvalue weighted by molar-refractivity contribution is 7.92. The molecular formula is C14H18N2O2S3. The zero-order chi connectivity index (χ0) is 15.1. The fourth-order valence-electron chi connectivity index (χ4n) is 2.49. The number of thiophene rings is 1. The van der Waals surface area contributed by atoms with Crippen LogP contribution in [0.3, 0.4) is 0 Å². The largest absolute Gasteiger partial charge is 0.296 e. The maximum atomic E-state index is 12.0. The van der Waals surface area contributed by atoms with E-state index in [0.717, 1.165) is 11.6 Å². The summed E-state index contributed by atoms with van der Waals surface area (Å²) in [6.45, 7) is 5.61. The minimum absolute atomic E-state index is 0.247. The first kappa shape index (κ1) is 15.1. The Morgan fingerprint density at radius 2 is 2.24 bits per heavy atom. The monoisotopic (exact) mass is 342 g/mol. The predicted molar refractivity (Wildman–Crippen MR) is 88.6 cm³/mol. The van der Waals surface area contributed by atoms with E-state index in [1.807, 2.05) is 26.1 Å². The molecule has 7 heteroatoms. The average Bonchev–Trinajstić information content (AvgIpc) is 3.04. The van der Waals surface area contributed by atoms with Gasteiger partial charge < -0.3 is 0 Å². The Labute approximate surface area is 133 Å². The molecule has 0 N–H and O–H groups in total. The summed E-state index contributed by atoms with van der Waals surface area (Å²) in [4.78, 5) is 9.06. The van der Waals surface area contributed by atoms with Gasteiger partial charge in [-0.1, -0.05) is 6.07 Å². The number of rotatable bonds is 3. The van der Waals surface area contributed by atoms with E-state index < -0.39 is 14.6 Å². The molecule has 4 nitrogen and oxygen atoms in total. The molecule has 1 aliphatic rings. The van der Waals surface area contributed by atoms with E-state index in [4.69, 9.17) is 0 Å². The van der Waals surface area contributed by atoms with Crippen LogP contribution in [0.1, 0.15) is 18.7 Å². The third-order valence-electron chi connectivity index (χ3n) is 3.79. The second-order valence-electron chi connectivity index (χ2n) is 5.90. The van der Waals surface area contributed by atoms with Gasteiger partial charge in [0, 0.05) is 30.7 Å². The molecule has 0 aromatic carbocycles. The lowest BCUT2D eigenvalue weighted by Crippen LogP contribution is -2.52. The van der Waals surface area contributed by atoms with Crippen LogP contribution in [0.25, 0.3) is 9.88 Å². The van der Waals surface area contributed by atoms with Crippen molar-refractivity contribution in [2.24, 2.45) is 0 Å². The molecule has 1 fully saturated rings. The average molecular weight is 343 g/mol. The summed E-state index contributed by atoms with van der Waals surface area (Å²) in [5.74, 6) is 0.247. The fourth-order valence-corrected chi connectivity index (χ4v) is 5.68. The summed E-state index contributed by atoms with van der Waals surface area (Å²) < 4.78 is 23.4. The highest BCUT2D eigenvalue weighted by Gasteiger charge is 2.39. The molecular weight excluding hydrogens is 324 g/mol. The summed E-state index contributed by atoms with van der Waals surface area (Å²) >= 11 is 3.38. The van der Waals surface area contributed by atoms with Crippen LogP contribution < -0.4 is 0 Å². The highest BCUT2D eigenvalue weighted by atomic mass is 32.2. The van der Waals surface area contributed by atoms with E-state index in [2.05, 4.69) is 21.3 Å². The van der Waals surface area contributed by atoms with Gasteiger partial charge in [0.05, 0.1) is 15.4 Å². The summed E-state index contributed by atoms with van der Waals surface area (Å²) in [5.41, 5.74) is 0. The van der Waals surface area contributed by atoms with Crippen molar-refractivity contribution in [3.05, 3.63) is 28.6 Å². The molecule has 0 saturated carbocycles. The lowest BCUT2D eigenvalue weighted by Gasteiger charge is -2.37. The van der Waals surface area contributed by atoms with Gasteiger partial charge in [0.1, 0.15) is 5.01 Å². The molecule has 0 radical (unpaired) electrons. The van der Waals surface area contributed by atoms with E-state index in [9.17, 15) is 8.42 Å². The Morgan fingerprint density at radius 3 is 2.90 bits per heavy atom. The molecule has 114 valence electrons. The van der Waals surface area contributed by atoms with Gasteiger partial charge >= 0.3 is 0 Å². The number of sulfone groups is 1. The van der Waals surface area contributed by atoms with Crippen molar-refractivity contribution in [2.45, 2.75) is 25.1 Å². The van der Waals surface area contributed by atoms with E-state index in [1.54, 1.807) is 22.7 Å². The van der Waals surface area contributed by atoms with Crippen molar-refractivity contribution in [1.82, 2.24) is 9.88 Å². The van der Waals surface area contributed by atoms with E-state index >= 15 is 0 Å². The van der Waals surface area contributed by atoms with Crippen LogP contribution in [0, 0.1) is 0 Å². The quantitative estimate of drug-likeness (QED) is 0.861. The van der Waals surface area contributed by atoms with Crippen molar-refractivity contribution in [3.8, 4) is 9.88 Å². The van der Waals surface area contributed by atoms with E-state index in [-0.39, 0.29) is 5.75 Å². The van der Waals surface area contributed by atoms with Crippen molar-refractivity contribution in [1.29, 1.82) is 0 Å². The Balaban J connectivity index is 1.71. The Bertz CT molecular complexity index is 717. The number of thiazole rings is 1. The molecule has 3 heterocycles. The first-order chi connectivity index (χ1) is 9.87. The fraction of sp³-hybridized carbons (Fsp3) is 0.500. The first-order valence-electron chi connectivity index (χ1n) is 6.81. The molecule has 2 aromatic heterocycles. The molecule has 0 unspecified atom stereocenters. The molecule has 0 bridgehead atoms. The molecule has 3 rings (SSSR count). The number of aromatic nitrogens is 1. The van der Waals surface area contributed by atoms with Crippen LogP contribution in [-0.2, 0) is 16.4 Å². The normalized spacial score (nSPS) is 21.4. The molecule has 21 heavy (non-hydrogen) atoms. The Hall–Kier alpha value is -0.760. The van der Waals surface area contributed by atoms with Crippen molar-refractivity contribution in [2.75, 3.05) is 18.8 Å². The molecule has 0 amide bonds. The van der Waals surface area contributed by atoms with Gasteiger partial charge in [0.2, 0.25) is 0 Å². The van der Waals surface area contributed by atoms with Gasteiger partial charge in [-0.2, -0.15) is 0 Å². The van der Waals surface area contributed by atoms with Gasteiger partial charge in [0.15, 0.2) is 9.84 Å². The molecule has 0 atom stereocenters. The van der Waals surface area contributed by atoms with Crippen LogP contribution in [0.5, 0.6) is 0 Å². The van der Waals surface area contributed by atoms with Crippen molar-refractivity contribution >= 4 is 32.5 Å². The minimum Gasteiger partial charge on any atom is -0.296 e. The zero-order valence-corrected chi connectivity index (χ0v) is 14.5. The minimum atomic E-state index is -2.97. The van der Waals surface area contributed by atoms with Gasteiger partial charge in [-0.25, -0.2) is 13.4 Å².